The predicted molar refractivity (Wildman–Crippen MR) is 128 cm³/mol. The first kappa shape index (κ1) is 22.3. The Hall–Kier alpha value is -3.53. The molecular weight excluding hydrogens is 454 g/mol. The van der Waals surface area contributed by atoms with Gasteiger partial charge in [0.1, 0.15) is 23.1 Å². The van der Waals surface area contributed by atoms with E-state index in [9.17, 15) is 9.59 Å². The summed E-state index contributed by atoms with van der Waals surface area (Å²) in [5.41, 5.74) is 3.54. The predicted octanol–water partition coefficient (Wildman–Crippen LogP) is 3.22. The van der Waals surface area contributed by atoms with Gasteiger partial charge in [0.25, 0.3) is 5.91 Å². The topological polar surface area (TPSA) is 107 Å². The first-order chi connectivity index (χ1) is 16.2. The van der Waals surface area contributed by atoms with Gasteiger partial charge in [-0.05, 0) is 45.0 Å². The zero-order chi connectivity index (χ0) is 24.0. The number of amides is 1. The first-order valence-corrected chi connectivity index (χ1v) is 11.8. The molecule has 1 amide bonds. The highest BCUT2D eigenvalue weighted by Gasteiger charge is 2.34. The number of benzene rings is 1. The van der Waals surface area contributed by atoms with Crippen LogP contribution >= 0.6 is 11.3 Å². The molecule has 0 saturated carbocycles. The molecular formula is C24H25N5O4S. The van der Waals surface area contributed by atoms with Crippen molar-refractivity contribution in [2.75, 3.05) is 25.2 Å². The monoisotopic (exact) mass is 479 g/mol. The number of anilines is 2. The second-order valence-electron chi connectivity index (χ2n) is 9.01. The highest BCUT2D eigenvalue weighted by atomic mass is 32.1. The molecule has 2 aromatic heterocycles. The SMILES string of the molecule is COC(=O)Cc1cc(-c2ccc3c(c2)N(c2nc4c(s2)C(=O)NC(C)(C)C4)CCO3)nc(C)n1. The number of aryl methyl sites for hydroxylation is 1. The van der Waals surface area contributed by atoms with Crippen LogP contribution in [0.1, 0.15) is 40.7 Å². The molecule has 176 valence electrons. The van der Waals surface area contributed by atoms with Crippen LogP contribution in [-0.2, 0) is 22.4 Å². The molecule has 4 heterocycles. The lowest BCUT2D eigenvalue weighted by Crippen LogP contribution is -2.48. The van der Waals surface area contributed by atoms with Gasteiger partial charge in [0.15, 0.2) is 5.13 Å². The number of nitrogens with zero attached hydrogens (tertiary/aromatic N) is 4. The van der Waals surface area contributed by atoms with Crippen LogP contribution < -0.4 is 15.0 Å². The summed E-state index contributed by atoms with van der Waals surface area (Å²) in [7, 11) is 1.36. The number of rotatable bonds is 4. The molecule has 0 unspecified atom stereocenters. The Morgan fingerprint density at radius 3 is 2.88 bits per heavy atom. The molecule has 0 bridgehead atoms. The Kier molecular flexibility index (Phi) is 5.47. The number of esters is 1. The molecule has 10 heteroatoms. The van der Waals surface area contributed by atoms with E-state index >= 15 is 0 Å². The number of fused-ring (bicyclic) bond motifs is 2. The number of ether oxygens (including phenoxy) is 2. The van der Waals surface area contributed by atoms with Crippen molar-refractivity contribution in [3.8, 4) is 17.0 Å². The largest absolute Gasteiger partial charge is 0.490 e. The van der Waals surface area contributed by atoms with Crippen LogP contribution in [0, 0.1) is 6.92 Å². The van der Waals surface area contributed by atoms with Crippen LogP contribution in [0.3, 0.4) is 0 Å². The number of carbonyl (C=O) groups excluding carboxylic acids is 2. The van der Waals surface area contributed by atoms with Gasteiger partial charge in [-0.2, -0.15) is 0 Å². The number of nitrogens with one attached hydrogen (secondary N) is 1. The van der Waals surface area contributed by atoms with Crippen molar-refractivity contribution in [3.05, 3.63) is 46.4 Å². The average molecular weight is 480 g/mol. The minimum absolute atomic E-state index is 0.0770. The molecule has 2 aliphatic heterocycles. The van der Waals surface area contributed by atoms with Crippen molar-refractivity contribution in [2.45, 2.75) is 39.2 Å². The number of thiazole rings is 1. The van der Waals surface area contributed by atoms with Crippen molar-refractivity contribution >= 4 is 34.0 Å². The van der Waals surface area contributed by atoms with E-state index in [-0.39, 0.29) is 23.8 Å². The molecule has 2 aliphatic rings. The third-order valence-electron chi connectivity index (χ3n) is 5.75. The highest BCUT2D eigenvalue weighted by Crippen LogP contribution is 2.42. The van der Waals surface area contributed by atoms with Gasteiger partial charge in [-0.15, -0.1) is 0 Å². The lowest BCUT2D eigenvalue weighted by Gasteiger charge is -2.29. The van der Waals surface area contributed by atoms with Gasteiger partial charge < -0.3 is 19.7 Å². The fraction of sp³-hybridized carbons (Fsp3) is 0.375. The minimum Gasteiger partial charge on any atom is -0.490 e. The molecule has 0 saturated heterocycles. The van der Waals surface area contributed by atoms with Crippen molar-refractivity contribution < 1.29 is 19.1 Å². The highest BCUT2D eigenvalue weighted by molar-refractivity contribution is 7.17. The van der Waals surface area contributed by atoms with Gasteiger partial charge in [0.05, 0.1) is 42.8 Å². The van der Waals surface area contributed by atoms with Gasteiger partial charge in [-0.1, -0.05) is 11.3 Å². The third kappa shape index (κ3) is 4.21. The van der Waals surface area contributed by atoms with Crippen molar-refractivity contribution in [1.82, 2.24) is 20.3 Å². The van der Waals surface area contributed by atoms with E-state index in [0.717, 1.165) is 27.8 Å². The van der Waals surface area contributed by atoms with Crippen LogP contribution in [0.15, 0.2) is 24.3 Å². The summed E-state index contributed by atoms with van der Waals surface area (Å²) < 4.78 is 10.7. The van der Waals surface area contributed by atoms with Crippen molar-refractivity contribution in [2.24, 2.45) is 0 Å². The number of aromatic nitrogens is 3. The number of methoxy groups -OCH3 is 1. The van der Waals surface area contributed by atoms with E-state index in [0.29, 0.717) is 41.7 Å². The van der Waals surface area contributed by atoms with Crippen LogP contribution in [-0.4, -0.2) is 52.6 Å². The average Bonchev–Trinajstić information content (AvgIpc) is 3.20. The Morgan fingerprint density at radius 1 is 1.26 bits per heavy atom. The van der Waals surface area contributed by atoms with E-state index in [1.165, 1.54) is 18.4 Å². The lowest BCUT2D eigenvalue weighted by molar-refractivity contribution is -0.139. The zero-order valence-electron chi connectivity index (χ0n) is 19.5. The normalized spacial score (nSPS) is 16.2. The second kappa shape index (κ2) is 8.35. The smallest absolute Gasteiger partial charge is 0.311 e. The van der Waals surface area contributed by atoms with Gasteiger partial charge in [-0.25, -0.2) is 15.0 Å². The Labute approximate surface area is 201 Å². The Morgan fingerprint density at radius 2 is 2.09 bits per heavy atom. The molecule has 0 radical (unpaired) electrons. The standard InChI is InChI=1S/C24H25N5O4S/c1-13-25-15(11-20(30)32-4)10-16(26-13)14-5-6-19-18(9-14)29(7-8-33-19)23-27-17-12-24(2,3)28-22(31)21(17)34-23/h5-6,9-10H,7-8,11-12H2,1-4H3,(H,28,31). The summed E-state index contributed by atoms with van der Waals surface area (Å²) in [5.74, 6) is 0.887. The van der Waals surface area contributed by atoms with Crippen LogP contribution in [0.25, 0.3) is 11.3 Å². The number of hydrogen-bond donors (Lipinski definition) is 1. The van der Waals surface area contributed by atoms with E-state index in [1.807, 2.05) is 32.0 Å². The van der Waals surface area contributed by atoms with E-state index in [4.69, 9.17) is 14.5 Å². The van der Waals surface area contributed by atoms with Gasteiger partial charge >= 0.3 is 5.97 Å². The van der Waals surface area contributed by atoms with E-state index in [1.54, 1.807) is 13.0 Å². The van der Waals surface area contributed by atoms with Crippen molar-refractivity contribution in [3.63, 3.8) is 0 Å². The van der Waals surface area contributed by atoms with Crippen LogP contribution in [0.2, 0.25) is 0 Å². The molecule has 1 aromatic carbocycles. The molecule has 0 aliphatic carbocycles. The van der Waals surface area contributed by atoms with E-state index in [2.05, 4.69) is 20.2 Å². The third-order valence-corrected chi connectivity index (χ3v) is 6.87. The molecule has 5 rings (SSSR count). The summed E-state index contributed by atoms with van der Waals surface area (Å²) in [6.45, 7) is 6.93. The minimum atomic E-state index is -0.353. The summed E-state index contributed by atoms with van der Waals surface area (Å²) in [6.07, 6.45) is 0.765. The van der Waals surface area contributed by atoms with Crippen LogP contribution in [0.5, 0.6) is 5.75 Å². The van der Waals surface area contributed by atoms with E-state index < -0.39 is 0 Å². The van der Waals surface area contributed by atoms with Gasteiger partial charge in [0.2, 0.25) is 0 Å². The molecule has 3 aromatic rings. The molecule has 0 fully saturated rings. The van der Waals surface area contributed by atoms with Crippen molar-refractivity contribution in [1.29, 1.82) is 0 Å². The summed E-state index contributed by atoms with van der Waals surface area (Å²) in [4.78, 5) is 40.9. The number of carbonyl (C=O) groups is 2. The zero-order valence-corrected chi connectivity index (χ0v) is 20.3. The molecule has 0 spiro atoms. The molecule has 1 N–H and O–H groups in total. The maximum atomic E-state index is 12.6. The summed E-state index contributed by atoms with van der Waals surface area (Å²) in [6, 6.07) is 7.66. The Bertz CT molecular complexity index is 1300. The van der Waals surface area contributed by atoms with Gasteiger partial charge in [0, 0.05) is 17.5 Å². The summed E-state index contributed by atoms with van der Waals surface area (Å²) in [5, 5.41) is 3.82. The first-order valence-electron chi connectivity index (χ1n) is 11.0. The lowest BCUT2D eigenvalue weighted by atomic mass is 9.94. The molecule has 9 nitrogen and oxygen atoms in total. The van der Waals surface area contributed by atoms with Crippen LogP contribution in [0.4, 0.5) is 10.8 Å². The maximum absolute atomic E-state index is 12.6. The fourth-order valence-electron chi connectivity index (χ4n) is 4.24. The molecule has 0 atom stereocenters. The summed E-state index contributed by atoms with van der Waals surface area (Å²) >= 11 is 1.40. The molecule has 34 heavy (non-hydrogen) atoms. The van der Waals surface area contributed by atoms with Gasteiger partial charge in [-0.3, -0.25) is 9.59 Å². The Balaban J connectivity index is 1.52. The fourth-order valence-corrected chi connectivity index (χ4v) is 5.26. The maximum Gasteiger partial charge on any atom is 0.311 e. The number of hydrogen-bond acceptors (Lipinski definition) is 9. The second-order valence-corrected chi connectivity index (χ2v) is 9.99. The quantitative estimate of drug-likeness (QED) is 0.569.